The molecule has 0 fully saturated rings. The molecular weight excluding hydrogens is 228 g/mol. The van der Waals surface area contributed by atoms with Crippen molar-refractivity contribution in [3.05, 3.63) is 40.6 Å². The van der Waals surface area contributed by atoms with Gasteiger partial charge in [0.1, 0.15) is 11.5 Å². The summed E-state index contributed by atoms with van der Waals surface area (Å²) in [5.74, 6) is 7.48. The van der Waals surface area contributed by atoms with Gasteiger partial charge in [0.2, 0.25) is 0 Å². The first-order valence-corrected chi connectivity index (χ1v) is 6.04. The van der Waals surface area contributed by atoms with Crippen LogP contribution >= 0.6 is 0 Å². The molecule has 0 aliphatic heterocycles. The summed E-state index contributed by atoms with van der Waals surface area (Å²) in [5.41, 5.74) is 6.13. The zero-order valence-corrected chi connectivity index (χ0v) is 11.3. The lowest BCUT2D eigenvalue weighted by atomic mass is 10.0. The van der Waals surface area contributed by atoms with Gasteiger partial charge in [0.25, 0.3) is 0 Å². The van der Waals surface area contributed by atoms with Gasteiger partial charge < -0.3 is 4.42 Å². The Balaban J connectivity index is 2.25. The molecule has 2 aromatic rings. The molecule has 0 aromatic carbocycles. The average Bonchev–Trinajstić information content (AvgIpc) is 2.78. The smallest absolute Gasteiger partial charge is 0.105 e. The maximum Gasteiger partial charge on any atom is 0.105 e. The fourth-order valence-corrected chi connectivity index (χ4v) is 2.32. The molecule has 0 bridgehead atoms. The number of nitrogens with two attached hydrogens (primary N) is 1. The van der Waals surface area contributed by atoms with E-state index in [1.807, 2.05) is 38.6 Å². The van der Waals surface area contributed by atoms with Crippen LogP contribution in [0.4, 0.5) is 0 Å². The molecule has 0 aliphatic carbocycles. The Morgan fingerprint density at radius 3 is 2.56 bits per heavy atom. The van der Waals surface area contributed by atoms with Crippen molar-refractivity contribution in [2.75, 3.05) is 0 Å². The van der Waals surface area contributed by atoms with Crippen molar-refractivity contribution in [2.45, 2.75) is 33.2 Å². The maximum absolute atomic E-state index is 5.67. The molecule has 0 saturated heterocycles. The molecule has 5 nitrogen and oxygen atoms in total. The number of nitrogens with one attached hydrogen (secondary N) is 1. The normalized spacial score (nSPS) is 12.9. The van der Waals surface area contributed by atoms with Crippen LogP contribution in [0.5, 0.6) is 0 Å². The summed E-state index contributed by atoms with van der Waals surface area (Å²) in [6.45, 7) is 5.89. The summed E-state index contributed by atoms with van der Waals surface area (Å²) in [6.07, 6.45) is 0.785. The Morgan fingerprint density at radius 2 is 2.11 bits per heavy atom. The molecule has 1 unspecified atom stereocenters. The number of hydrogen-bond acceptors (Lipinski definition) is 4. The lowest BCUT2D eigenvalue weighted by Crippen LogP contribution is -2.30. The van der Waals surface area contributed by atoms with E-state index in [0.717, 1.165) is 34.9 Å². The first-order valence-electron chi connectivity index (χ1n) is 6.04. The van der Waals surface area contributed by atoms with Gasteiger partial charge in [-0.05, 0) is 32.9 Å². The molecule has 5 heteroatoms. The quantitative estimate of drug-likeness (QED) is 0.638. The molecular formula is C13H20N4O. The number of aromatic nitrogens is 2. The zero-order valence-electron chi connectivity index (χ0n) is 11.3. The molecule has 2 aromatic heterocycles. The van der Waals surface area contributed by atoms with Crippen LogP contribution in [0.15, 0.2) is 16.5 Å². The highest BCUT2D eigenvalue weighted by atomic mass is 16.3. The third-order valence-electron chi connectivity index (χ3n) is 3.17. The number of rotatable bonds is 4. The standard InChI is InChI=1S/C13H20N4O/c1-8-5-11(17(4)16-8)7-13(15-14)12-6-9(2)18-10(12)3/h5-6,13,15H,7,14H2,1-4H3. The Bertz CT molecular complexity index is 541. The van der Waals surface area contributed by atoms with Crippen LogP contribution in [0, 0.1) is 20.8 Å². The van der Waals surface area contributed by atoms with Gasteiger partial charge >= 0.3 is 0 Å². The van der Waals surface area contributed by atoms with Gasteiger partial charge in [-0.1, -0.05) is 0 Å². The molecule has 2 heterocycles. The van der Waals surface area contributed by atoms with Crippen LogP contribution in [0.3, 0.4) is 0 Å². The van der Waals surface area contributed by atoms with Gasteiger partial charge in [-0.15, -0.1) is 0 Å². The van der Waals surface area contributed by atoms with Crippen LogP contribution in [-0.4, -0.2) is 9.78 Å². The van der Waals surface area contributed by atoms with Crippen molar-refractivity contribution in [1.82, 2.24) is 15.2 Å². The van der Waals surface area contributed by atoms with E-state index < -0.39 is 0 Å². The Kier molecular flexibility index (Phi) is 3.54. The minimum Gasteiger partial charge on any atom is -0.466 e. The van der Waals surface area contributed by atoms with Crippen LogP contribution in [0.25, 0.3) is 0 Å². The second-order valence-electron chi connectivity index (χ2n) is 4.69. The fraction of sp³-hybridized carbons (Fsp3) is 0.462. The highest BCUT2D eigenvalue weighted by Gasteiger charge is 2.18. The summed E-state index contributed by atoms with van der Waals surface area (Å²) < 4.78 is 7.44. The molecule has 0 amide bonds. The molecule has 2 rings (SSSR count). The van der Waals surface area contributed by atoms with Gasteiger partial charge in [-0.3, -0.25) is 16.0 Å². The molecule has 3 N–H and O–H groups in total. The molecule has 98 valence electrons. The maximum atomic E-state index is 5.67. The summed E-state index contributed by atoms with van der Waals surface area (Å²) in [5, 5.41) is 4.34. The van der Waals surface area contributed by atoms with Crippen LogP contribution in [0.1, 0.15) is 34.5 Å². The highest BCUT2D eigenvalue weighted by Crippen LogP contribution is 2.24. The lowest BCUT2D eigenvalue weighted by molar-refractivity contribution is 0.480. The van der Waals surface area contributed by atoms with Crippen molar-refractivity contribution >= 4 is 0 Å². The van der Waals surface area contributed by atoms with E-state index in [1.54, 1.807) is 0 Å². The van der Waals surface area contributed by atoms with E-state index in [0.29, 0.717) is 0 Å². The van der Waals surface area contributed by atoms with Crippen molar-refractivity contribution in [2.24, 2.45) is 12.9 Å². The summed E-state index contributed by atoms with van der Waals surface area (Å²) >= 11 is 0. The summed E-state index contributed by atoms with van der Waals surface area (Å²) in [6, 6.07) is 4.15. The van der Waals surface area contributed by atoms with Gasteiger partial charge in [0, 0.05) is 24.7 Å². The van der Waals surface area contributed by atoms with Crippen molar-refractivity contribution < 1.29 is 4.42 Å². The predicted octanol–water partition coefficient (Wildman–Crippen LogP) is 1.69. The molecule has 0 aliphatic rings. The van der Waals surface area contributed by atoms with Gasteiger partial charge in [0.15, 0.2) is 0 Å². The number of nitrogens with zero attached hydrogens (tertiary/aromatic N) is 2. The number of hydrazine groups is 1. The summed E-state index contributed by atoms with van der Waals surface area (Å²) in [7, 11) is 1.95. The highest BCUT2D eigenvalue weighted by molar-refractivity contribution is 5.26. The van der Waals surface area contributed by atoms with E-state index >= 15 is 0 Å². The third kappa shape index (κ3) is 2.47. The zero-order chi connectivity index (χ0) is 13.3. The minimum atomic E-state index is 0.0391. The van der Waals surface area contributed by atoms with Crippen molar-refractivity contribution in [3.8, 4) is 0 Å². The first-order chi connectivity index (χ1) is 8.51. The molecule has 0 saturated carbocycles. The van der Waals surface area contributed by atoms with E-state index in [4.69, 9.17) is 10.3 Å². The third-order valence-corrected chi connectivity index (χ3v) is 3.17. The second kappa shape index (κ2) is 4.96. The monoisotopic (exact) mass is 248 g/mol. The first kappa shape index (κ1) is 12.9. The largest absolute Gasteiger partial charge is 0.466 e. The number of furan rings is 1. The van der Waals surface area contributed by atoms with E-state index in [9.17, 15) is 0 Å². The molecule has 1 atom stereocenters. The van der Waals surface area contributed by atoms with Gasteiger partial charge in [-0.2, -0.15) is 5.10 Å². The lowest BCUT2D eigenvalue weighted by Gasteiger charge is -2.15. The number of hydrogen-bond donors (Lipinski definition) is 2. The molecule has 18 heavy (non-hydrogen) atoms. The minimum absolute atomic E-state index is 0.0391. The average molecular weight is 248 g/mol. The van der Waals surface area contributed by atoms with E-state index in [2.05, 4.69) is 16.6 Å². The summed E-state index contributed by atoms with van der Waals surface area (Å²) in [4.78, 5) is 0. The molecule has 0 radical (unpaired) electrons. The Morgan fingerprint density at radius 1 is 1.39 bits per heavy atom. The topological polar surface area (TPSA) is 69.0 Å². The van der Waals surface area contributed by atoms with Crippen LogP contribution in [-0.2, 0) is 13.5 Å². The fourth-order valence-electron chi connectivity index (χ4n) is 2.32. The van der Waals surface area contributed by atoms with Crippen LogP contribution in [0.2, 0.25) is 0 Å². The van der Waals surface area contributed by atoms with Gasteiger partial charge in [0.05, 0.1) is 11.7 Å². The van der Waals surface area contributed by atoms with Crippen LogP contribution < -0.4 is 11.3 Å². The predicted molar refractivity (Wildman–Crippen MR) is 69.9 cm³/mol. The SMILES string of the molecule is Cc1cc(CC(NN)c2cc(C)oc2C)n(C)n1. The van der Waals surface area contributed by atoms with Crippen molar-refractivity contribution in [1.29, 1.82) is 0 Å². The Hall–Kier alpha value is -1.59. The molecule has 0 spiro atoms. The van der Waals surface area contributed by atoms with Gasteiger partial charge in [-0.25, -0.2) is 0 Å². The Labute approximate surface area is 107 Å². The van der Waals surface area contributed by atoms with E-state index in [-0.39, 0.29) is 6.04 Å². The van der Waals surface area contributed by atoms with E-state index in [1.165, 1.54) is 0 Å². The second-order valence-corrected chi connectivity index (χ2v) is 4.69. The van der Waals surface area contributed by atoms with Crippen molar-refractivity contribution in [3.63, 3.8) is 0 Å². The number of aryl methyl sites for hydroxylation is 4.